The highest BCUT2D eigenvalue weighted by molar-refractivity contribution is 6.04. The second kappa shape index (κ2) is 8.69. The molecule has 0 spiro atoms. The Balaban J connectivity index is 1.27. The van der Waals surface area contributed by atoms with Crippen LogP contribution in [-0.4, -0.2) is 43.7 Å². The number of rotatable bonds is 4. The largest absolute Gasteiger partial charge is 0.382 e. The maximum atomic E-state index is 12.5. The number of nitrogens with one attached hydrogen (secondary N) is 5. The number of hydrogen-bond acceptors (Lipinski definition) is 5. The minimum atomic E-state index is -0.115. The Bertz CT molecular complexity index is 933. The number of amides is 2. The topological polar surface area (TPSA) is 94.3 Å². The van der Waals surface area contributed by atoms with E-state index in [0.717, 1.165) is 43.9 Å². The minimum absolute atomic E-state index is 0.0179. The smallest absolute Gasteiger partial charge is 0.255 e. The van der Waals surface area contributed by atoms with Crippen LogP contribution in [0.3, 0.4) is 0 Å². The van der Waals surface area contributed by atoms with Gasteiger partial charge in [-0.05, 0) is 74.8 Å². The predicted molar refractivity (Wildman–Crippen MR) is 121 cm³/mol. The molecular weight excluding hydrogens is 390 g/mol. The first kappa shape index (κ1) is 20.0. The molecule has 7 nitrogen and oxygen atoms in total. The van der Waals surface area contributed by atoms with Crippen molar-refractivity contribution in [2.24, 2.45) is 17.8 Å². The van der Waals surface area contributed by atoms with Crippen molar-refractivity contribution in [3.8, 4) is 0 Å². The number of piperidine rings is 3. The van der Waals surface area contributed by atoms with Gasteiger partial charge in [-0.25, -0.2) is 0 Å². The highest BCUT2D eigenvalue weighted by Gasteiger charge is 2.49. The predicted octanol–water partition coefficient (Wildman–Crippen LogP) is 2.01. The molecule has 0 aliphatic carbocycles. The fourth-order valence-electron chi connectivity index (χ4n) is 5.35. The summed E-state index contributed by atoms with van der Waals surface area (Å²) in [5.41, 5.74) is 2.44. The van der Waals surface area contributed by atoms with E-state index in [2.05, 4.69) is 26.6 Å². The SMILES string of the molecule is O=C(Nc1ccc(NC2CCNC3NC(=O)C4CCNCC4C23)cc1)c1ccccc1. The molecule has 5 unspecified atom stereocenters. The first-order chi connectivity index (χ1) is 15.2. The van der Waals surface area contributed by atoms with Crippen LogP contribution in [0.5, 0.6) is 0 Å². The minimum Gasteiger partial charge on any atom is -0.382 e. The van der Waals surface area contributed by atoms with Crippen molar-refractivity contribution in [2.45, 2.75) is 25.0 Å². The van der Waals surface area contributed by atoms with Crippen LogP contribution >= 0.6 is 0 Å². The molecule has 162 valence electrons. The summed E-state index contributed by atoms with van der Waals surface area (Å²) >= 11 is 0. The van der Waals surface area contributed by atoms with Crippen LogP contribution in [0.1, 0.15) is 23.2 Å². The van der Waals surface area contributed by atoms with E-state index in [1.165, 1.54) is 0 Å². The lowest BCUT2D eigenvalue weighted by Gasteiger charge is -2.51. The third-order valence-corrected chi connectivity index (χ3v) is 6.86. The van der Waals surface area contributed by atoms with Crippen molar-refractivity contribution in [2.75, 3.05) is 30.3 Å². The number of fused-ring (bicyclic) bond motifs is 3. The molecule has 3 aliphatic rings. The van der Waals surface area contributed by atoms with E-state index in [4.69, 9.17) is 0 Å². The van der Waals surface area contributed by atoms with Gasteiger partial charge in [0.15, 0.2) is 0 Å². The van der Waals surface area contributed by atoms with E-state index in [9.17, 15) is 9.59 Å². The summed E-state index contributed by atoms with van der Waals surface area (Å²) in [6, 6.07) is 17.4. The van der Waals surface area contributed by atoms with Gasteiger partial charge in [0.1, 0.15) is 0 Å². The van der Waals surface area contributed by atoms with E-state index in [-0.39, 0.29) is 29.9 Å². The van der Waals surface area contributed by atoms with Crippen LogP contribution in [0.2, 0.25) is 0 Å². The maximum absolute atomic E-state index is 12.5. The van der Waals surface area contributed by atoms with Crippen molar-refractivity contribution in [3.05, 3.63) is 60.2 Å². The molecule has 2 amide bonds. The van der Waals surface area contributed by atoms with Gasteiger partial charge in [-0.15, -0.1) is 0 Å². The normalized spacial score (nSPS) is 29.8. The van der Waals surface area contributed by atoms with Crippen molar-refractivity contribution < 1.29 is 9.59 Å². The van der Waals surface area contributed by atoms with Gasteiger partial charge in [0.25, 0.3) is 5.91 Å². The van der Waals surface area contributed by atoms with Gasteiger partial charge in [0, 0.05) is 34.8 Å². The Labute approximate surface area is 182 Å². The molecular formula is C24H29N5O2. The van der Waals surface area contributed by atoms with Gasteiger partial charge in [-0.1, -0.05) is 18.2 Å². The number of carbonyl (C=O) groups is 2. The van der Waals surface area contributed by atoms with E-state index in [1.54, 1.807) is 12.1 Å². The monoisotopic (exact) mass is 419 g/mol. The molecule has 0 saturated carbocycles. The van der Waals surface area contributed by atoms with Crippen LogP contribution in [0, 0.1) is 17.8 Å². The number of benzene rings is 2. The zero-order valence-corrected chi connectivity index (χ0v) is 17.4. The van der Waals surface area contributed by atoms with E-state index >= 15 is 0 Å². The van der Waals surface area contributed by atoms with Crippen molar-refractivity contribution in [1.82, 2.24) is 16.0 Å². The molecule has 3 saturated heterocycles. The van der Waals surface area contributed by atoms with Crippen LogP contribution in [-0.2, 0) is 4.79 Å². The molecule has 0 bridgehead atoms. The summed E-state index contributed by atoms with van der Waals surface area (Å²) in [5.74, 6) is 0.849. The summed E-state index contributed by atoms with van der Waals surface area (Å²) in [4.78, 5) is 24.9. The standard InChI is InChI=1S/C24H29N5O2/c30-23(15-4-2-1-3-5-15)28-17-8-6-16(7-9-17)27-20-11-13-26-22-21(20)19-14-25-12-10-18(19)24(31)29-22/h1-9,18-22,25-27H,10-14H2,(H,28,30)(H,29,31). The van der Waals surface area contributed by atoms with Gasteiger partial charge >= 0.3 is 0 Å². The summed E-state index contributed by atoms with van der Waals surface area (Å²) < 4.78 is 0. The van der Waals surface area contributed by atoms with Gasteiger partial charge < -0.3 is 21.3 Å². The summed E-state index contributed by atoms with van der Waals surface area (Å²) in [6.45, 7) is 2.67. The summed E-state index contributed by atoms with van der Waals surface area (Å²) in [7, 11) is 0. The van der Waals surface area contributed by atoms with Gasteiger partial charge in [0.2, 0.25) is 5.91 Å². The Hall–Kier alpha value is -2.90. The van der Waals surface area contributed by atoms with Gasteiger partial charge in [0.05, 0.1) is 6.17 Å². The molecule has 0 radical (unpaired) electrons. The Kier molecular flexibility index (Phi) is 5.61. The van der Waals surface area contributed by atoms with Crippen LogP contribution in [0.4, 0.5) is 11.4 Å². The fraction of sp³-hybridized carbons (Fsp3) is 0.417. The third kappa shape index (κ3) is 4.16. The molecule has 5 N–H and O–H groups in total. The molecule has 3 heterocycles. The molecule has 3 aliphatic heterocycles. The lowest BCUT2D eigenvalue weighted by molar-refractivity contribution is -0.135. The van der Waals surface area contributed by atoms with E-state index in [1.807, 2.05) is 42.5 Å². The molecule has 31 heavy (non-hydrogen) atoms. The Morgan fingerprint density at radius 1 is 0.935 bits per heavy atom. The highest BCUT2D eigenvalue weighted by Crippen LogP contribution is 2.37. The molecule has 7 heteroatoms. The average molecular weight is 420 g/mol. The molecule has 0 aromatic heterocycles. The van der Waals surface area contributed by atoms with Gasteiger partial charge in [-0.2, -0.15) is 0 Å². The Morgan fingerprint density at radius 3 is 2.52 bits per heavy atom. The van der Waals surface area contributed by atoms with Crippen molar-refractivity contribution in [1.29, 1.82) is 0 Å². The first-order valence-corrected chi connectivity index (χ1v) is 11.2. The van der Waals surface area contributed by atoms with Crippen LogP contribution in [0.25, 0.3) is 0 Å². The second-order valence-electron chi connectivity index (χ2n) is 8.72. The zero-order chi connectivity index (χ0) is 21.2. The number of hydrogen-bond donors (Lipinski definition) is 5. The molecule has 2 aromatic rings. The van der Waals surface area contributed by atoms with E-state index < -0.39 is 0 Å². The van der Waals surface area contributed by atoms with Crippen LogP contribution < -0.4 is 26.6 Å². The molecule has 3 fully saturated rings. The summed E-state index contributed by atoms with van der Waals surface area (Å²) in [6.07, 6.45) is 1.93. The number of anilines is 2. The quantitative estimate of drug-likeness (QED) is 0.523. The maximum Gasteiger partial charge on any atom is 0.255 e. The fourth-order valence-corrected chi connectivity index (χ4v) is 5.35. The molecule has 5 atom stereocenters. The van der Waals surface area contributed by atoms with Crippen LogP contribution in [0.15, 0.2) is 54.6 Å². The lowest BCUT2D eigenvalue weighted by atomic mass is 9.68. The lowest BCUT2D eigenvalue weighted by Crippen LogP contribution is -2.69. The van der Waals surface area contributed by atoms with Crippen molar-refractivity contribution >= 4 is 23.2 Å². The average Bonchev–Trinajstić information content (AvgIpc) is 2.81. The first-order valence-electron chi connectivity index (χ1n) is 11.2. The van der Waals surface area contributed by atoms with Gasteiger partial charge in [-0.3, -0.25) is 14.9 Å². The van der Waals surface area contributed by atoms with Crippen molar-refractivity contribution in [3.63, 3.8) is 0 Å². The zero-order valence-electron chi connectivity index (χ0n) is 17.4. The summed E-state index contributed by atoms with van der Waals surface area (Å²) in [5, 5.41) is 16.9. The second-order valence-corrected chi connectivity index (χ2v) is 8.72. The third-order valence-electron chi connectivity index (χ3n) is 6.86. The Morgan fingerprint density at radius 2 is 1.71 bits per heavy atom. The molecule has 5 rings (SSSR count). The number of carbonyl (C=O) groups excluding carboxylic acids is 2. The molecule has 2 aromatic carbocycles. The highest BCUT2D eigenvalue weighted by atomic mass is 16.2. The van der Waals surface area contributed by atoms with E-state index in [0.29, 0.717) is 17.4 Å².